The van der Waals surface area contributed by atoms with Crippen molar-refractivity contribution in [3.8, 4) is 17.2 Å². The lowest BCUT2D eigenvalue weighted by atomic mass is 10.2. The third-order valence-electron chi connectivity index (χ3n) is 4.75. The summed E-state index contributed by atoms with van der Waals surface area (Å²) < 4.78 is 12.1. The van der Waals surface area contributed by atoms with Gasteiger partial charge in [0.2, 0.25) is 5.91 Å². The summed E-state index contributed by atoms with van der Waals surface area (Å²) in [6, 6.07) is 16.2. The van der Waals surface area contributed by atoms with E-state index in [0.717, 1.165) is 0 Å². The number of hydrogen-bond acceptors (Lipinski definition) is 7. The lowest BCUT2D eigenvalue weighted by Gasteiger charge is -2.16. The quantitative estimate of drug-likeness (QED) is 0.316. The number of carbonyl (C=O) groups is 1. The second-order valence-electron chi connectivity index (χ2n) is 6.86. The van der Waals surface area contributed by atoms with Gasteiger partial charge in [-0.3, -0.25) is 14.2 Å². The summed E-state index contributed by atoms with van der Waals surface area (Å²) in [4.78, 5) is 31.4. The lowest BCUT2D eigenvalue weighted by Crippen LogP contribution is -2.26. The van der Waals surface area contributed by atoms with Gasteiger partial charge in [0.1, 0.15) is 16.3 Å². The number of carbonyl (C=O) groups excluding carboxylic acids is 1. The third-order valence-corrected chi connectivity index (χ3v) is 6.61. The number of para-hydroxylation sites is 1. The number of rotatable bonds is 7. The topological polar surface area (TPSA) is 82.5 Å². The zero-order valence-electron chi connectivity index (χ0n) is 17.7. The third kappa shape index (κ3) is 4.49. The molecule has 164 valence electrons. The SMILES string of the molecule is COc1cc(NC(=O)C(C)Sc2nc3sccc3c(=O)n2-c2ccccc2)cc(OC)c1. The van der Waals surface area contributed by atoms with Crippen molar-refractivity contribution in [2.45, 2.75) is 17.3 Å². The maximum Gasteiger partial charge on any atom is 0.267 e. The fraction of sp³-hybridized carbons (Fsp3) is 0.174. The number of ether oxygens (including phenoxy) is 2. The van der Waals surface area contributed by atoms with Crippen molar-refractivity contribution < 1.29 is 14.3 Å². The summed E-state index contributed by atoms with van der Waals surface area (Å²) in [5.41, 5.74) is 1.10. The molecule has 0 radical (unpaired) electrons. The van der Waals surface area contributed by atoms with E-state index in [9.17, 15) is 9.59 Å². The average molecular weight is 468 g/mol. The number of thioether (sulfide) groups is 1. The Balaban J connectivity index is 1.64. The van der Waals surface area contributed by atoms with Crippen LogP contribution in [0.4, 0.5) is 5.69 Å². The van der Waals surface area contributed by atoms with Crippen molar-refractivity contribution in [3.05, 3.63) is 70.3 Å². The predicted molar refractivity (Wildman–Crippen MR) is 129 cm³/mol. The predicted octanol–water partition coefficient (Wildman–Crippen LogP) is 4.58. The molecule has 4 rings (SSSR count). The van der Waals surface area contributed by atoms with Crippen LogP contribution in [0.25, 0.3) is 15.9 Å². The number of thiophene rings is 1. The van der Waals surface area contributed by atoms with Gasteiger partial charge in [0.05, 0.1) is 30.5 Å². The number of hydrogen-bond donors (Lipinski definition) is 1. The van der Waals surface area contributed by atoms with Gasteiger partial charge in [-0.25, -0.2) is 4.98 Å². The Kier molecular flexibility index (Phi) is 6.48. The first-order valence-corrected chi connectivity index (χ1v) is 11.5. The molecule has 0 saturated heterocycles. The highest BCUT2D eigenvalue weighted by Crippen LogP contribution is 2.29. The second kappa shape index (κ2) is 9.46. The normalized spacial score (nSPS) is 11.8. The summed E-state index contributed by atoms with van der Waals surface area (Å²) in [5, 5.41) is 5.22. The van der Waals surface area contributed by atoms with E-state index in [1.165, 1.54) is 23.1 Å². The van der Waals surface area contributed by atoms with Crippen LogP contribution >= 0.6 is 23.1 Å². The molecule has 0 aliphatic rings. The number of fused-ring (bicyclic) bond motifs is 1. The number of amides is 1. The molecule has 2 aromatic heterocycles. The Labute approximate surface area is 193 Å². The molecule has 9 heteroatoms. The van der Waals surface area contributed by atoms with Crippen LogP contribution in [0.1, 0.15) is 6.92 Å². The smallest absolute Gasteiger partial charge is 0.267 e. The van der Waals surface area contributed by atoms with E-state index >= 15 is 0 Å². The number of nitrogens with zero attached hydrogens (tertiary/aromatic N) is 2. The van der Waals surface area contributed by atoms with Crippen molar-refractivity contribution in [3.63, 3.8) is 0 Å². The average Bonchev–Trinajstić information content (AvgIpc) is 3.28. The highest BCUT2D eigenvalue weighted by atomic mass is 32.2. The van der Waals surface area contributed by atoms with Gasteiger partial charge in [-0.2, -0.15) is 0 Å². The van der Waals surface area contributed by atoms with Gasteiger partial charge in [0.25, 0.3) is 5.56 Å². The van der Waals surface area contributed by atoms with E-state index in [2.05, 4.69) is 10.3 Å². The fourth-order valence-corrected chi connectivity index (χ4v) is 4.85. The zero-order valence-corrected chi connectivity index (χ0v) is 19.3. The molecular formula is C23H21N3O4S2. The first-order valence-electron chi connectivity index (χ1n) is 9.76. The van der Waals surface area contributed by atoms with Gasteiger partial charge in [-0.1, -0.05) is 30.0 Å². The summed E-state index contributed by atoms with van der Waals surface area (Å²) in [6.45, 7) is 1.78. The molecule has 0 aliphatic heterocycles. The molecule has 1 N–H and O–H groups in total. The van der Waals surface area contributed by atoms with Crippen LogP contribution in [-0.4, -0.2) is 34.9 Å². The Hall–Kier alpha value is -3.30. The Morgan fingerprint density at radius 3 is 2.44 bits per heavy atom. The Morgan fingerprint density at radius 1 is 1.09 bits per heavy atom. The number of benzene rings is 2. The van der Waals surface area contributed by atoms with Gasteiger partial charge >= 0.3 is 0 Å². The van der Waals surface area contributed by atoms with E-state index < -0.39 is 5.25 Å². The number of nitrogens with one attached hydrogen (secondary N) is 1. The monoisotopic (exact) mass is 467 g/mol. The molecule has 7 nitrogen and oxygen atoms in total. The molecule has 0 spiro atoms. The Bertz CT molecular complexity index is 1300. The van der Waals surface area contributed by atoms with E-state index in [-0.39, 0.29) is 11.5 Å². The second-order valence-corrected chi connectivity index (χ2v) is 9.06. The highest BCUT2D eigenvalue weighted by Gasteiger charge is 2.21. The first-order chi connectivity index (χ1) is 15.5. The van der Waals surface area contributed by atoms with Crippen LogP contribution in [0.5, 0.6) is 11.5 Å². The van der Waals surface area contributed by atoms with Crippen LogP contribution in [0.15, 0.2) is 69.9 Å². The van der Waals surface area contributed by atoms with Crippen LogP contribution in [0.2, 0.25) is 0 Å². The van der Waals surface area contributed by atoms with E-state index in [1.807, 2.05) is 35.7 Å². The van der Waals surface area contributed by atoms with Gasteiger partial charge in [0.15, 0.2) is 5.16 Å². The molecule has 0 saturated carbocycles. The maximum atomic E-state index is 13.2. The molecule has 1 atom stereocenters. The van der Waals surface area contributed by atoms with Crippen molar-refractivity contribution >= 4 is 44.9 Å². The molecule has 2 heterocycles. The molecule has 2 aromatic carbocycles. The zero-order chi connectivity index (χ0) is 22.7. The van der Waals surface area contributed by atoms with Gasteiger partial charge in [-0.15, -0.1) is 11.3 Å². The molecule has 1 amide bonds. The number of aromatic nitrogens is 2. The molecule has 4 aromatic rings. The van der Waals surface area contributed by atoms with Gasteiger partial charge in [0, 0.05) is 23.9 Å². The molecule has 0 aliphatic carbocycles. The molecule has 0 fully saturated rings. The number of anilines is 1. The molecule has 32 heavy (non-hydrogen) atoms. The van der Waals surface area contributed by atoms with Crippen LogP contribution < -0.4 is 20.3 Å². The fourth-order valence-electron chi connectivity index (χ4n) is 3.11. The van der Waals surface area contributed by atoms with Gasteiger partial charge in [-0.05, 0) is 30.5 Å². The minimum Gasteiger partial charge on any atom is -0.497 e. The minimum absolute atomic E-state index is 0.157. The van der Waals surface area contributed by atoms with Crippen molar-refractivity contribution in [2.75, 3.05) is 19.5 Å². The summed E-state index contributed by atoms with van der Waals surface area (Å²) in [6.07, 6.45) is 0. The van der Waals surface area contributed by atoms with Crippen LogP contribution in [0, 0.1) is 0 Å². The Morgan fingerprint density at radius 2 is 1.78 bits per heavy atom. The standard InChI is InChI=1S/C23H21N3O4S2/c1-14(20(27)24-15-11-17(29-2)13-18(12-15)30-3)32-23-25-21-19(9-10-31-21)22(28)26(23)16-7-5-4-6-8-16/h4-14H,1-3H3,(H,24,27). The van der Waals surface area contributed by atoms with E-state index in [1.54, 1.807) is 50.0 Å². The molecule has 0 bridgehead atoms. The summed E-state index contributed by atoms with van der Waals surface area (Å²) in [7, 11) is 3.10. The van der Waals surface area contributed by atoms with Crippen molar-refractivity contribution in [1.82, 2.24) is 9.55 Å². The summed E-state index contributed by atoms with van der Waals surface area (Å²) in [5.74, 6) is 0.913. The largest absolute Gasteiger partial charge is 0.497 e. The van der Waals surface area contributed by atoms with E-state index in [0.29, 0.717) is 38.2 Å². The first kappa shape index (κ1) is 21.9. The van der Waals surface area contributed by atoms with Crippen LogP contribution in [0.3, 0.4) is 0 Å². The molecular weight excluding hydrogens is 446 g/mol. The lowest BCUT2D eigenvalue weighted by molar-refractivity contribution is -0.115. The van der Waals surface area contributed by atoms with Gasteiger partial charge < -0.3 is 14.8 Å². The number of methoxy groups -OCH3 is 2. The minimum atomic E-state index is -0.522. The maximum absolute atomic E-state index is 13.2. The summed E-state index contributed by atoms with van der Waals surface area (Å²) >= 11 is 2.63. The molecule has 1 unspecified atom stereocenters. The van der Waals surface area contributed by atoms with Crippen LogP contribution in [-0.2, 0) is 4.79 Å². The van der Waals surface area contributed by atoms with Crippen molar-refractivity contribution in [2.24, 2.45) is 0 Å². The van der Waals surface area contributed by atoms with E-state index in [4.69, 9.17) is 9.47 Å². The van der Waals surface area contributed by atoms with Crippen molar-refractivity contribution in [1.29, 1.82) is 0 Å². The highest BCUT2D eigenvalue weighted by molar-refractivity contribution is 8.00.